The van der Waals surface area contributed by atoms with Gasteiger partial charge in [0, 0.05) is 12.5 Å². The van der Waals surface area contributed by atoms with Crippen molar-refractivity contribution in [2.75, 3.05) is 19.0 Å². The third kappa shape index (κ3) is 3.62. The van der Waals surface area contributed by atoms with Crippen molar-refractivity contribution < 1.29 is 4.74 Å². The lowest BCUT2D eigenvalue weighted by Crippen LogP contribution is -2.23. The van der Waals surface area contributed by atoms with Crippen molar-refractivity contribution in [1.82, 2.24) is 4.98 Å². The Labute approximate surface area is 90.6 Å². The van der Waals surface area contributed by atoms with Crippen molar-refractivity contribution in [2.45, 2.75) is 19.4 Å². The van der Waals surface area contributed by atoms with Crippen LogP contribution in [0.4, 0.5) is 5.13 Å². The average Bonchev–Trinajstić information content (AvgIpc) is 2.50. The molecule has 0 saturated carbocycles. The number of thiazole rings is 1. The molecule has 0 amide bonds. The largest absolute Gasteiger partial charge is 0.383 e. The van der Waals surface area contributed by atoms with Gasteiger partial charge in [0.05, 0.1) is 12.6 Å². The Morgan fingerprint density at radius 2 is 2.54 bits per heavy atom. The van der Waals surface area contributed by atoms with Gasteiger partial charge in [0.15, 0.2) is 5.13 Å². The van der Waals surface area contributed by atoms with E-state index in [0.717, 1.165) is 16.2 Å². The van der Waals surface area contributed by atoms with Crippen LogP contribution in [0.3, 0.4) is 0 Å². The summed E-state index contributed by atoms with van der Waals surface area (Å²) in [6.45, 7) is 2.84. The van der Waals surface area contributed by atoms with Gasteiger partial charge in [0.2, 0.25) is 0 Å². The molecule has 0 saturated heterocycles. The van der Waals surface area contributed by atoms with E-state index in [-0.39, 0.29) is 0 Å². The Kier molecular flexibility index (Phi) is 4.69. The normalized spacial score (nSPS) is 12.8. The number of hydrogen-bond acceptors (Lipinski definition) is 4. The van der Waals surface area contributed by atoms with Gasteiger partial charge >= 0.3 is 0 Å². The first kappa shape index (κ1) is 10.9. The van der Waals surface area contributed by atoms with E-state index in [0.29, 0.717) is 12.6 Å². The van der Waals surface area contributed by atoms with Crippen LogP contribution < -0.4 is 5.32 Å². The van der Waals surface area contributed by atoms with Gasteiger partial charge in [0.1, 0.15) is 4.60 Å². The summed E-state index contributed by atoms with van der Waals surface area (Å²) in [4.78, 5) is 4.25. The molecular weight excluding hydrogens is 252 g/mol. The molecule has 0 fully saturated rings. The molecule has 5 heteroatoms. The Bertz CT molecular complexity index is 254. The Morgan fingerprint density at radius 3 is 3.00 bits per heavy atom. The van der Waals surface area contributed by atoms with E-state index < -0.39 is 0 Å². The molecule has 1 rings (SSSR count). The van der Waals surface area contributed by atoms with E-state index in [2.05, 4.69) is 33.2 Å². The fraction of sp³-hybridized carbons (Fsp3) is 0.625. The standard InChI is InChI=1S/C8H13BrN2OS/c1-3-6(4-12-2)10-8-11-7(9)5-13-8/h5-6H,3-4H2,1-2H3,(H,10,11). The van der Waals surface area contributed by atoms with E-state index in [1.807, 2.05) is 5.38 Å². The van der Waals surface area contributed by atoms with Crippen LogP contribution in [0.5, 0.6) is 0 Å². The predicted octanol–water partition coefficient (Wildman–Crippen LogP) is 2.74. The van der Waals surface area contributed by atoms with Crippen LogP contribution in [0.25, 0.3) is 0 Å². The molecule has 13 heavy (non-hydrogen) atoms. The molecule has 0 spiro atoms. The second-order valence-electron chi connectivity index (χ2n) is 2.68. The van der Waals surface area contributed by atoms with E-state index in [1.54, 1.807) is 18.4 Å². The number of hydrogen-bond donors (Lipinski definition) is 1. The molecule has 1 aromatic heterocycles. The highest BCUT2D eigenvalue weighted by atomic mass is 79.9. The maximum atomic E-state index is 5.08. The fourth-order valence-corrected chi connectivity index (χ4v) is 2.18. The molecule has 0 aliphatic heterocycles. The van der Waals surface area contributed by atoms with Crippen LogP contribution in [0.2, 0.25) is 0 Å². The van der Waals surface area contributed by atoms with Crippen molar-refractivity contribution in [3.63, 3.8) is 0 Å². The maximum absolute atomic E-state index is 5.08. The Hall–Kier alpha value is -0.130. The topological polar surface area (TPSA) is 34.1 Å². The second-order valence-corrected chi connectivity index (χ2v) is 4.35. The summed E-state index contributed by atoms with van der Waals surface area (Å²) >= 11 is 4.91. The van der Waals surface area contributed by atoms with Crippen LogP contribution in [0, 0.1) is 0 Å². The summed E-state index contributed by atoms with van der Waals surface area (Å²) in [5.74, 6) is 0. The van der Waals surface area contributed by atoms with Crippen LogP contribution in [0.15, 0.2) is 9.98 Å². The highest BCUT2D eigenvalue weighted by molar-refractivity contribution is 9.10. The average molecular weight is 265 g/mol. The minimum atomic E-state index is 0.350. The molecule has 0 aromatic carbocycles. The zero-order valence-electron chi connectivity index (χ0n) is 7.71. The van der Waals surface area contributed by atoms with Crippen molar-refractivity contribution in [1.29, 1.82) is 0 Å². The summed E-state index contributed by atoms with van der Waals surface area (Å²) in [5, 5.41) is 6.20. The highest BCUT2D eigenvalue weighted by Gasteiger charge is 2.07. The van der Waals surface area contributed by atoms with Crippen molar-refractivity contribution in [3.8, 4) is 0 Å². The van der Waals surface area contributed by atoms with E-state index in [4.69, 9.17) is 4.74 Å². The third-order valence-electron chi connectivity index (χ3n) is 1.66. The highest BCUT2D eigenvalue weighted by Crippen LogP contribution is 2.20. The summed E-state index contributed by atoms with van der Waals surface area (Å²) in [7, 11) is 1.71. The van der Waals surface area contributed by atoms with E-state index in [9.17, 15) is 0 Å². The zero-order valence-corrected chi connectivity index (χ0v) is 10.1. The van der Waals surface area contributed by atoms with Gasteiger partial charge in [-0.05, 0) is 22.4 Å². The van der Waals surface area contributed by atoms with Gasteiger partial charge < -0.3 is 10.1 Å². The van der Waals surface area contributed by atoms with E-state index >= 15 is 0 Å². The summed E-state index contributed by atoms with van der Waals surface area (Å²) in [6, 6.07) is 0.350. The smallest absolute Gasteiger partial charge is 0.184 e. The number of rotatable bonds is 5. The summed E-state index contributed by atoms with van der Waals surface area (Å²) in [5.41, 5.74) is 0. The number of ether oxygens (including phenoxy) is 1. The van der Waals surface area contributed by atoms with Crippen molar-refractivity contribution in [2.24, 2.45) is 0 Å². The Morgan fingerprint density at radius 1 is 1.77 bits per heavy atom. The molecule has 0 aliphatic rings. The molecule has 1 heterocycles. The van der Waals surface area contributed by atoms with Crippen LogP contribution in [0.1, 0.15) is 13.3 Å². The molecule has 0 aliphatic carbocycles. The molecule has 3 nitrogen and oxygen atoms in total. The molecule has 1 unspecified atom stereocenters. The molecule has 1 N–H and O–H groups in total. The lowest BCUT2D eigenvalue weighted by Gasteiger charge is -2.14. The lowest BCUT2D eigenvalue weighted by molar-refractivity contribution is 0.184. The van der Waals surface area contributed by atoms with Crippen molar-refractivity contribution in [3.05, 3.63) is 9.98 Å². The first-order valence-electron chi connectivity index (χ1n) is 4.12. The number of methoxy groups -OCH3 is 1. The van der Waals surface area contributed by atoms with E-state index in [1.165, 1.54) is 0 Å². The van der Waals surface area contributed by atoms with Gasteiger partial charge in [-0.3, -0.25) is 0 Å². The molecule has 0 radical (unpaired) electrons. The minimum absolute atomic E-state index is 0.350. The van der Waals surface area contributed by atoms with Gasteiger partial charge in [0.25, 0.3) is 0 Å². The Balaban J connectivity index is 2.46. The molecular formula is C8H13BrN2OS. The van der Waals surface area contributed by atoms with Crippen molar-refractivity contribution >= 4 is 32.4 Å². The molecule has 1 aromatic rings. The lowest BCUT2D eigenvalue weighted by atomic mass is 10.2. The first-order valence-corrected chi connectivity index (χ1v) is 5.80. The molecule has 0 bridgehead atoms. The number of halogens is 1. The minimum Gasteiger partial charge on any atom is -0.383 e. The molecule has 1 atom stereocenters. The summed E-state index contributed by atoms with van der Waals surface area (Å²) in [6.07, 6.45) is 1.03. The first-order chi connectivity index (χ1) is 6.26. The zero-order chi connectivity index (χ0) is 9.68. The second kappa shape index (κ2) is 5.57. The molecule has 74 valence electrons. The van der Waals surface area contributed by atoms with Gasteiger partial charge in [-0.15, -0.1) is 11.3 Å². The van der Waals surface area contributed by atoms with Gasteiger partial charge in [-0.2, -0.15) is 0 Å². The van der Waals surface area contributed by atoms with Gasteiger partial charge in [-0.1, -0.05) is 6.92 Å². The number of nitrogens with one attached hydrogen (secondary N) is 1. The van der Waals surface area contributed by atoms with Crippen LogP contribution >= 0.6 is 27.3 Å². The van der Waals surface area contributed by atoms with Crippen LogP contribution in [-0.4, -0.2) is 24.7 Å². The summed E-state index contributed by atoms with van der Waals surface area (Å²) < 4.78 is 5.96. The quantitative estimate of drug-likeness (QED) is 0.888. The number of aromatic nitrogens is 1. The van der Waals surface area contributed by atoms with Gasteiger partial charge in [-0.25, -0.2) is 4.98 Å². The predicted molar refractivity (Wildman–Crippen MR) is 59.4 cm³/mol. The fourth-order valence-electron chi connectivity index (χ4n) is 0.958. The third-order valence-corrected chi connectivity index (χ3v) is 3.15. The number of nitrogens with zero attached hydrogens (tertiary/aromatic N) is 1. The SMILES string of the molecule is CCC(COC)Nc1nc(Br)cs1. The van der Waals surface area contributed by atoms with Crippen LogP contribution in [-0.2, 0) is 4.74 Å². The maximum Gasteiger partial charge on any atom is 0.184 e. The number of anilines is 1. The monoisotopic (exact) mass is 264 g/mol.